The van der Waals surface area contributed by atoms with E-state index in [0.29, 0.717) is 23.4 Å². The van der Waals surface area contributed by atoms with Crippen molar-refractivity contribution in [3.8, 4) is 11.1 Å². The van der Waals surface area contributed by atoms with Gasteiger partial charge in [0.15, 0.2) is 0 Å². The van der Waals surface area contributed by atoms with Crippen molar-refractivity contribution in [2.45, 2.75) is 13.3 Å². The minimum atomic E-state index is -0.430. The molecule has 0 aliphatic heterocycles. The average molecular weight is 328 g/mol. The molecule has 24 heavy (non-hydrogen) atoms. The lowest BCUT2D eigenvalue weighted by molar-refractivity contribution is -0.117. The van der Waals surface area contributed by atoms with Crippen molar-refractivity contribution in [3.63, 3.8) is 0 Å². The molecule has 0 fully saturated rings. The molecule has 6 heteroatoms. The van der Waals surface area contributed by atoms with Gasteiger partial charge in [-0.25, -0.2) is 4.39 Å². The van der Waals surface area contributed by atoms with Gasteiger partial charge in [0.1, 0.15) is 11.5 Å². The van der Waals surface area contributed by atoms with Crippen LogP contribution in [-0.2, 0) is 4.79 Å². The molecular formula is C18H21FN4O. The van der Waals surface area contributed by atoms with E-state index in [1.165, 1.54) is 12.1 Å². The number of anilines is 1. The second-order valence-electron chi connectivity index (χ2n) is 5.36. The number of para-hydroxylation sites is 1. The van der Waals surface area contributed by atoms with Crippen LogP contribution in [0.25, 0.3) is 16.8 Å². The summed E-state index contributed by atoms with van der Waals surface area (Å²) in [5.74, 6) is -0.759. The maximum atomic E-state index is 13.1. The molecule has 126 valence electrons. The number of carbonyl (C=O) groups is 1. The number of nitrogens with two attached hydrogens (primary N) is 3. The average Bonchev–Trinajstić information content (AvgIpc) is 2.59. The molecule has 0 aromatic heterocycles. The van der Waals surface area contributed by atoms with Gasteiger partial charge >= 0.3 is 0 Å². The first-order valence-corrected chi connectivity index (χ1v) is 7.64. The summed E-state index contributed by atoms with van der Waals surface area (Å²) in [6.07, 6.45) is 0.793. The standard InChI is InChI=1S/C18H21FN4O/c1-2-10-23-18(24)17(22)16(21)14-5-3-4-13(15(14)20)11-6-8-12(19)9-7-11/h3-9H,2,10,20-22H2,1H3,(H,23,24)/b17-16+. The first-order chi connectivity index (χ1) is 11.5. The zero-order chi connectivity index (χ0) is 17.7. The third-order valence-electron chi connectivity index (χ3n) is 3.62. The van der Waals surface area contributed by atoms with Crippen LogP contribution < -0.4 is 22.5 Å². The minimum Gasteiger partial charge on any atom is -0.398 e. The van der Waals surface area contributed by atoms with Crippen molar-refractivity contribution in [2.75, 3.05) is 12.3 Å². The third kappa shape index (κ3) is 3.65. The topological polar surface area (TPSA) is 107 Å². The van der Waals surface area contributed by atoms with Crippen LogP contribution in [0.5, 0.6) is 0 Å². The highest BCUT2D eigenvalue weighted by atomic mass is 19.1. The number of rotatable bonds is 5. The Morgan fingerprint density at radius 1 is 1.12 bits per heavy atom. The highest BCUT2D eigenvalue weighted by molar-refractivity contribution is 6.01. The zero-order valence-corrected chi connectivity index (χ0v) is 13.5. The number of nitrogens with one attached hydrogen (secondary N) is 1. The van der Waals surface area contributed by atoms with E-state index in [9.17, 15) is 9.18 Å². The SMILES string of the molecule is CCCNC(=O)/C(N)=C(\N)c1cccc(-c2ccc(F)cc2)c1N. The molecule has 0 aliphatic carbocycles. The van der Waals surface area contributed by atoms with Crippen molar-refractivity contribution >= 4 is 17.3 Å². The summed E-state index contributed by atoms with van der Waals surface area (Å²) in [5.41, 5.74) is 20.4. The molecule has 0 saturated carbocycles. The fourth-order valence-corrected chi connectivity index (χ4v) is 2.28. The Morgan fingerprint density at radius 3 is 2.42 bits per heavy atom. The van der Waals surface area contributed by atoms with Crippen LogP contribution in [0.15, 0.2) is 48.2 Å². The second-order valence-corrected chi connectivity index (χ2v) is 5.36. The monoisotopic (exact) mass is 328 g/mol. The Morgan fingerprint density at radius 2 is 1.79 bits per heavy atom. The molecule has 0 atom stereocenters. The fraction of sp³-hybridized carbons (Fsp3) is 0.167. The van der Waals surface area contributed by atoms with Crippen molar-refractivity contribution in [1.29, 1.82) is 0 Å². The van der Waals surface area contributed by atoms with Crippen LogP contribution in [0.1, 0.15) is 18.9 Å². The number of hydrogen-bond donors (Lipinski definition) is 4. The van der Waals surface area contributed by atoms with E-state index < -0.39 is 5.91 Å². The predicted octanol–water partition coefficient (Wildman–Crippen LogP) is 2.19. The lowest BCUT2D eigenvalue weighted by Gasteiger charge is -2.14. The molecule has 0 heterocycles. The predicted molar refractivity (Wildman–Crippen MR) is 94.8 cm³/mol. The Hall–Kier alpha value is -3.02. The molecule has 7 N–H and O–H groups in total. The van der Waals surface area contributed by atoms with Gasteiger partial charge in [0.25, 0.3) is 5.91 Å². The van der Waals surface area contributed by atoms with Gasteiger partial charge in [-0.05, 0) is 24.1 Å². The summed E-state index contributed by atoms with van der Waals surface area (Å²) >= 11 is 0. The first-order valence-electron chi connectivity index (χ1n) is 7.64. The number of nitrogen functional groups attached to an aromatic ring is 1. The summed E-state index contributed by atoms with van der Waals surface area (Å²) in [7, 11) is 0. The Bertz CT molecular complexity index is 769. The van der Waals surface area contributed by atoms with Crippen molar-refractivity contribution in [3.05, 3.63) is 59.5 Å². The molecule has 2 aromatic rings. The highest BCUT2D eigenvalue weighted by Crippen LogP contribution is 2.31. The van der Waals surface area contributed by atoms with E-state index in [1.54, 1.807) is 30.3 Å². The molecular weight excluding hydrogens is 307 g/mol. The number of benzene rings is 2. The van der Waals surface area contributed by atoms with Gasteiger partial charge in [-0.1, -0.05) is 37.3 Å². The lowest BCUT2D eigenvalue weighted by Crippen LogP contribution is -2.31. The maximum absolute atomic E-state index is 13.1. The van der Waals surface area contributed by atoms with Gasteiger partial charge < -0.3 is 22.5 Å². The molecule has 0 saturated heterocycles. The van der Waals surface area contributed by atoms with Crippen molar-refractivity contribution in [1.82, 2.24) is 5.32 Å². The van der Waals surface area contributed by atoms with Gasteiger partial charge in [-0.15, -0.1) is 0 Å². The van der Waals surface area contributed by atoms with Crippen LogP contribution in [0.3, 0.4) is 0 Å². The van der Waals surface area contributed by atoms with Crippen LogP contribution >= 0.6 is 0 Å². The summed E-state index contributed by atoms with van der Waals surface area (Å²) in [4.78, 5) is 12.0. The molecule has 2 aromatic carbocycles. The summed E-state index contributed by atoms with van der Waals surface area (Å²) in [6.45, 7) is 2.45. The summed E-state index contributed by atoms with van der Waals surface area (Å²) in [5, 5.41) is 2.67. The molecule has 0 bridgehead atoms. The molecule has 0 spiro atoms. The molecule has 0 radical (unpaired) electrons. The molecule has 0 unspecified atom stereocenters. The van der Waals surface area contributed by atoms with Crippen LogP contribution in [0.2, 0.25) is 0 Å². The Kier molecular flexibility index (Phi) is 5.42. The van der Waals surface area contributed by atoms with Crippen molar-refractivity contribution in [2.24, 2.45) is 11.5 Å². The zero-order valence-electron chi connectivity index (χ0n) is 13.5. The Labute approximate surface area is 140 Å². The van der Waals surface area contributed by atoms with Crippen LogP contribution in [0.4, 0.5) is 10.1 Å². The number of carbonyl (C=O) groups excluding carboxylic acids is 1. The van der Waals surface area contributed by atoms with Gasteiger partial charge in [0.05, 0.1) is 5.70 Å². The highest BCUT2D eigenvalue weighted by Gasteiger charge is 2.15. The lowest BCUT2D eigenvalue weighted by atomic mass is 9.98. The van der Waals surface area contributed by atoms with Crippen molar-refractivity contribution < 1.29 is 9.18 Å². The normalized spacial score (nSPS) is 11.8. The Balaban J connectivity index is 2.43. The molecule has 5 nitrogen and oxygen atoms in total. The van der Waals surface area contributed by atoms with Gasteiger partial charge in [-0.2, -0.15) is 0 Å². The molecule has 1 amide bonds. The van der Waals surface area contributed by atoms with Crippen LogP contribution in [0, 0.1) is 5.82 Å². The largest absolute Gasteiger partial charge is 0.398 e. The van der Waals surface area contributed by atoms with Crippen LogP contribution in [-0.4, -0.2) is 12.5 Å². The quantitative estimate of drug-likeness (QED) is 0.498. The maximum Gasteiger partial charge on any atom is 0.269 e. The molecule has 0 aliphatic rings. The van der Waals surface area contributed by atoms with E-state index >= 15 is 0 Å². The number of halogens is 1. The minimum absolute atomic E-state index is 0.0774. The van der Waals surface area contributed by atoms with Gasteiger partial charge in [0.2, 0.25) is 0 Å². The third-order valence-corrected chi connectivity index (χ3v) is 3.62. The van der Waals surface area contributed by atoms with E-state index in [1.807, 2.05) is 6.92 Å². The van der Waals surface area contributed by atoms with Gasteiger partial charge in [-0.3, -0.25) is 4.79 Å². The summed E-state index contributed by atoms with van der Waals surface area (Å²) in [6, 6.07) is 11.2. The first kappa shape index (κ1) is 17.3. The van der Waals surface area contributed by atoms with E-state index in [4.69, 9.17) is 17.2 Å². The second kappa shape index (κ2) is 7.50. The smallest absolute Gasteiger partial charge is 0.269 e. The van der Waals surface area contributed by atoms with E-state index in [2.05, 4.69) is 5.32 Å². The van der Waals surface area contributed by atoms with E-state index in [-0.39, 0.29) is 17.2 Å². The summed E-state index contributed by atoms with van der Waals surface area (Å²) < 4.78 is 13.1. The van der Waals surface area contributed by atoms with Gasteiger partial charge in [0, 0.05) is 23.4 Å². The van der Waals surface area contributed by atoms with E-state index in [0.717, 1.165) is 12.0 Å². The number of amides is 1. The molecule has 2 rings (SSSR count). The fourth-order valence-electron chi connectivity index (χ4n) is 2.28. The number of hydrogen-bond acceptors (Lipinski definition) is 4.